The molecule has 3 rings (SSSR count). The number of nitrogens with zero attached hydrogens (tertiary/aromatic N) is 4. The molecule has 0 N–H and O–H groups in total. The molecule has 8 nitrogen and oxygen atoms in total. The fourth-order valence-electron chi connectivity index (χ4n) is 2.22. The van der Waals surface area contributed by atoms with Gasteiger partial charge in [-0.05, 0) is 31.2 Å². The van der Waals surface area contributed by atoms with Crippen LogP contribution in [-0.2, 0) is 13.7 Å². The molecule has 0 amide bonds. The van der Waals surface area contributed by atoms with E-state index in [9.17, 15) is 10.1 Å². The lowest BCUT2D eigenvalue weighted by atomic mass is 10.3. The summed E-state index contributed by atoms with van der Waals surface area (Å²) in [6.07, 6.45) is 3.64. The van der Waals surface area contributed by atoms with Gasteiger partial charge in [0.05, 0.1) is 11.1 Å². The lowest BCUT2D eigenvalue weighted by Gasteiger charge is -2.08. The van der Waals surface area contributed by atoms with Crippen LogP contribution in [0.4, 0.5) is 5.69 Å². The molecule has 25 heavy (non-hydrogen) atoms. The highest BCUT2D eigenvalue weighted by Gasteiger charge is 2.12. The Morgan fingerprint density at radius 1 is 1.16 bits per heavy atom. The molecule has 0 radical (unpaired) electrons. The zero-order valence-electron chi connectivity index (χ0n) is 13.7. The fourth-order valence-corrected chi connectivity index (χ4v) is 2.22. The first kappa shape index (κ1) is 16.4. The van der Waals surface area contributed by atoms with Gasteiger partial charge in [-0.2, -0.15) is 5.10 Å². The maximum absolute atomic E-state index is 10.8. The Bertz CT molecular complexity index is 890. The minimum Gasteiger partial charge on any atom is -0.489 e. The van der Waals surface area contributed by atoms with Crippen molar-refractivity contribution >= 4 is 5.69 Å². The molecule has 0 saturated heterocycles. The molecule has 0 aliphatic carbocycles. The SMILES string of the molecule is Cc1nc(Oc2ccc(OCc3cnn(C)c3)cc2)ccc1[N+](=O)[O-]. The van der Waals surface area contributed by atoms with Gasteiger partial charge < -0.3 is 9.47 Å². The summed E-state index contributed by atoms with van der Waals surface area (Å²) in [5.41, 5.74) is 1.25. The van der Waals surface area contributed by atoms with E-state index < -0.39 is 4.92 Å². The van der Waals surface area contributed by atoms with Crippen molar-refractivity contribution in [2.75, 3.05) is 0 Å². The van der Waals surface area contributed by atoms with Crippen LogP contribution >= 0.6 is 0 Å². The monoisotopic (exact) mass is 340 g/mol. The van der Waals surface area contributed by atoms with Crippen LogP contribution in [0.25, 0.3) is 0 Å². The third-order valence-corrected chi connectivity index (χ3v) is 3.44. The van der Waals surface area contributed by atoms with E-state index in [1.54, 1.807) is 42.1 Å². The second kappa shape index (κ2) is 7.00. The average molecular weight is 340 g/mol. The Hall–Kier alpha value is -3.42. The zero-order chi connectivity index (χ0) is 17.8. The number of rotatable bonds is 6. The zero-order valence-corrected chi connectivity index (χ0v) is 13.7. The highest BCUT2D eigenvalue weighted by molar-refractivity contribution is 5.39. The summed E-state index contributed by atoms with van der Waals surface area (Å²) < 4.78 is 13.0. The molecular weight excluding hydrogens is 324 g/mol. The van der Waals surface area contributed by atoms with Gasteiger partial charge in [0.25, 0.3) is 5.69 Å². The molecule has 2 aromatic heterocycles. The van der Waals surface area contributed by atoms with Crippen molar-refractivity contribution in [1.29, 1.82) is 0 Å². The Balaban J connectivity index is 1.62. The van der Waals surface area contributed by atoms with E-state index in [1.807, 2.05) is 13.2 Å². The van der Waals surface area contributed by atoms with Crippen molar-refractivity contribution in [1.82, 2.24) is 14.8 Å². The van der Waals surface area contributed by atoms with Gasteiger partial charge in [0.15, 0.2) is 0 Å². The van der Waals surface area contributed by atoms with Gasteiger partial charge >= 0.3 is 0 Å². The molecule has 128 valence electrons. The number of hydrogen-bond acceptors (Lipinski definition) is 6. The molecule has 3 aromatic rings. The van der Waals surface area contributed by atoms with Crippen molar-refractivity contribution < 1.29 is 14.4 Å². The van der Waals surface area contributed by atoms with Crippen LogP contribution in [0.1, 0.15) is 11.3 Å². The van der Waals surface area contributed by atoms with Crippen LogP contribution in [0.5, 0.6) is 17.4 Å². The summed E-state index contributed by atoms with van der Waals surface area (Å²) in [5.74, 6) is 1.56. The first-order chi connectivity index (χ1) is 12.0. The van der Waals surface area contributed by atoms with Gasteiger partial charge in [-0.3, -0.25) is 14.8 Å². The molecule has 8 heteroatoms. The summed E-state index contributed by atoms with van der Waals surface area (Å²) in [6.45, 7) is 2.00. The minimum absolute atomic E-state index is 0.0356. The van der Waals surface area contributed by atoms with Gasteiger partial charge in [-0.1, -0.05) is 0 Å². The maximum atomic E-state index is 10.8. The largest absolute Gasteiger partial charge is 0.489 e. The predicted octanol–water partition coefficient (Wildman–Crippen LogP) is 3.40. The third-order valence-electron chi connectivity index (χ3n) is 3.44. The summed E-state index contributed by atoms with van der Waals surface area (Å²) in [4.78, 5) is 14.4. The van der Waals surface area contributed by atoms with E-state index in [1.165, 1.54) is 12.1 Å². The van der Waals surface area contributed by atoms with Crippen molar-refractivity contribution in [3.8, 4) is 17.4 Å². The van der Waals surface area contributed by atoms with Crippen LogP contribution < -0.4 is 9.47 Å². The van der Waals surface area contributed by atoms with Crippen molar-refractivity contribution in [3.05, 3.63) is 70.2 Å². The van der Waals surface area contributed by atoms with E-state index in [0.29, 0.717) is 29.7 Å². The molecule has 0 fully saturated rings. The topological polar surface area (TPSA) is 92.3 Å². The molecule has 0 aliphatic heterocycles. The number of nitro groups is 1. The van der Waals surface area contributed by atoms with E-state index >= 15 is 0 Å². The molecule has 0 spiro atoms. The molecule has 0 saturated carbocycles. The average Bonchev–Trinajstić information content (AvgIpc) is 2.99. The quantitative estimate of drug-likeness (QED) is 0.504. The highest BCUT2D eigenvalue weighted by Crippen LogP contribution is 2.25. The number of pyridine rings is 1. The van der Waals surface area contributed by atoms with Gasteiger partial charge in [0.2, 0.25) is 5.88 Å². The Morgan fingerprint density at radius 3 is 2.48 bits per heavy atom. The Morgan fingerprint density at radius 2 is 1.88 bits per heavy atom. The Kier molecular flexibility index (Phi) is 4.60. The third kappa shape index (κ3) is 4.11. The first-order valence-electron chi connectivity index (χ1n) is 7.51. The second-order valence-electron chi connectivity index (χ2n) is 5.40. The number of benzene rings is 1. The number of ether oxygens (including phenoxy) is 2. The van der Waals surface area contributed by atoms with Crippen LogP contribution in [0.15, 0.2) is 48.8 Å². The molecule has 0 unspecified atom stereocenters. The van der Waals surface area contributed by atoms with Gasteiger partial charge in [0, 0.05) is 30.9 Å². The number of hydrogen-bond donors (Lipinski definition) is 0. The minimum atomic E-state index is -0.472. The molecule has 1 aromatic carbocycles. The predicted molar refractivity (Wildman–Crippen MR) is 89.7 cm³/mol. The lowest BCUT2D eigenvalue weighted by Crippen LogP contribution is -1.96. The van der Waals surface area contributed by atoms with E-state index in [-0.39, 0.29) is 5.69 Å². The van der Waals surface area contributed by atoms with Crippen LogP contribution in [0.3, 0.4) is 0 Å². The van der Waals surface area contributed by atoms with Crippen LogP contribution in [-0.4, -0.2) is 19.7 Å². The first-order valence-corrected chi connectivity index (χ1v) is 7.51. The smallest absolute Gasteiger partial charge is 0.290 e. The van der Waals surface area contributed by atoms with Gasteiger partial charge in [-0.15, -0.1) is 0 Å². The second-order valence-corrected chi connectivity index (χ2v) is 5.40. The summed E-state index contributed by atoms with van der Waals surface area (Å²) in [7, 11) is 1.85. The Labute approximate surface area is 143 Å². The van der Waals surface area contributed by atoms with Gasteiger partial charge in [-0.25, -0.2) is 4.98 Å². The maximum Gasteiger partial charge on any atom is 0.290 e. The summed E-state index contributed by atoms with van der Waals surface area (Å²) in [5, 5.41) is 14.9. The van der Waals surface area contributed by atoms with Crippen molar-refractivity contribution in [2.24, 2.45) is 7.05 Å². The van der Waals surface area contributed by atoms with E-state index in [4.69, 9.17) is 9.47 Å². The molecule has 0 aliphatic rings. The van der Waals surface area contributed by atoms with Crippen LogP contribution in [0, 0.1) is 17.0 Å². The van der Waals surface area contributed by atoms with Crippen molar-refractivity contribution in [2.45, 2.75) is 13.5 Å². The number of aromatic nitrogens is 3. The normalized spacial score (nSPS) is 10.5. The number of aryl methyl sites for hydroxylation is 2. The molecule has 0 atom stereocenters. The highest BCUT2D eigenvalue weighted by atomic mass is 16.6. The molecular formula is C17H16N4O4. The lowest BCUT2D eigenvalue weighted by molar-refractivity contribution is -0.385. The standard InChI is InChI=1S/C17H16N4O4/c1-12-16(21(22)23)7-8-17(19-12)25-15-5-3-14(4-6-15)24-11-13-9-18-20(2)10-13/h3-10H,11H2,1-2H3. The molecule has 2 heterocycles. The van der Waals surface area contributed by atoms with Gasteiger partial charge in [0.1, 0.15) is 23.8 Å². The summed E-state index contributed by atoms with van der Waals surface area (Å²) >= 11 is 0. The molecule has 0 bridgehead atoms. The van der Waals surface area contributed by atoms with E-state index in [2.05, 4.69) is 10.1 Å². The van der Waals surface area contributed by atoms with E-state index in [0.717, 1.165) is 5.56 Å². The summed E-state index contributed by atoms with van der Waals surface area (Å²) in [6, 6.07) is 9.91. The fraction of sp³-hybridized carbons (Fsp3) is 0.176. The van der Waals surface area contributed by atoms with Crippen LogP contribution in [0.2, 0.25) is 0 Å². The van der Waals surface area contributed by atoms with Crippen molar-refractivity contribution in [3.63, 3.8) is 0 Å².